The number of esters is 6. The third kappa shape index (κ3) is 3.55. The molecule has 0 amide bonds. The minimum atomic E-state index is -2.80. The number of carbonyl (C=O) groups is 6. The average molecular weight is 584 g/mol. The molecule has 0 fully saturated rings. The predicted octanol–water partition coefficient (Wildman–Crippen LogP) is 1.03. The lowest BCUT2D eigenvalue weighted by atomic mass is 9.39. The van der Waals surface area contributed by atoms with Crippen molar-refractivity contribution in [3.05, 3.63) is 57.8 Å². The minimum Gasteiger partial charge on any atom is -0.469 e. The van der Waals surface area contributed by atoms with Gasteiger partial charge in [0.1, 0.15) is 5.41 Å². The molecule has 0 bridgehead atoms. The Morgan fingerprint density at radius 1 is 0.714 bits per heavy atom. The molecule has 1 aromatic rings. The zero-order chi connectivity index (χ0) is 31.1. The fourth-order valence-corrected chi connectivity index (χ4v) is 6.50. The van der Waals surface area contributed by atoms with Gasteiger partial charge in [-0.15, -0.1) is 0 Å². The molecule has 0 radical (unpaired) electrons. The summed E-state index contributed by atoms with van der Waals surface area (Å²) in [5.74, 6) is -9.15. The second-order valence-electron chi connectivity index (χ2n) is 9.56. The summed E-state index contributed by atoms with van der Waals surface area (Å²) in [4.78, 5) is 84.6. The van der Waals surface area contributed by atoms with Crippen LogP contribution in [0.3, 0.4) is 0 Å². The van der Waals surface area contributed by atoms with Gasteiger partial charge >= 0.3 is 35.8 Å². The van der Waals surface area contributed by atoms with E-state index in [0.717, 1.165) is 42.7 Å². The molecule has 13 heteroatoms. The third-order valence-electron chi connectivity index (χ3n) is 8.03. The van der Waals surface area contributed by atoms with Gasteiger partial charge in [0, 0.05) is 6.54 Å². The smallest absolute Gasteiger partial charge is 0.337 e. The number of allylic oxidation sites excluding steroid dienone is 1. The van der Waals surface area contributed by atoms with Crippen LogP contribution in [-0.4, -0.2) is 85.0 Å². The third-order valence-corrected chi connectivity index (χ3v) is 8.03. The number of hydrogen-bond donors (Lipinski definition) is 0. The number of anilines is 1. The van der Waals surface area contributed by atoms with Gasteiger partial charge in [-0.3, -0.25) is 14.4 Å². The van der Waals surface area contributed by atoms with Crippen LogP contribution in [0.15, 0.2) is 46.7 Å². The van der Waals surface area contributed by atoms with Gasteiger partial charge in [-0.25, -0.2) is 14.4 Å². The fraction of sp³-hybridized carbons (Fsp3) is 0.379. The Labute approximate surface area is 240 Å². The quantitative estimate of drug-likeness (QED) is 0.345. The lowest BCUT2D eigenvalue weighted by Gasteiger charge is -2.56. The molecule has 13 nitrogen and oxygen atoms in total. The maximum atomic E-state index is 14.2. The van der Waals surface area contributed by atoms with Crippen molar-refractivity contribution in [2.45, 2.75) is 6.92 Å². The highest BCUT2D eigenvalue weighted by atomic mass is 16.6. The predicted molar refractivity (Wildman–Crippen MR) is 142 cm³/mol. The summed E-state index contributed by atoms with van der Waals surface area (Å²) in [6, 6.07) is 5.36. The Hall–Kier alpha value is -4.94. The fourth-order valence-electron chi connectivity index (χ4n) is 6.50. The van der Waals surface area contributed by atoms with Crippen LogP contribution in [0.2, 0.25) is 0 Å². The van der Waals surface area contributed by atoms with Crippen LogP contribution in [0, 0.1) is 23.7 Å². The second-order valence-corrected chi connectivity index (χ2v) is 9.56. The van der Waals surface area contributed by atoms with Crippen molar-refractivity contribution in [2.24, 2.45) is 16.7 Å². The summed E-state index contributed by atoms with van der Waals surface area (Å²) in [7, 11) is 5.93. The SMILES string of the molecule is COC(=O)C1=C2C=Cc3cccc(C)c3N2CC(C(=O)OC)C2(C(=O)OC)C(C(=O)OC)=C(C(=O)OC)C12C(=O)OC. The number of ether oxygens (including phenoxy) is 6. The Kier molecular flexibility index (Phi) is 7.72. The van der Waals surface area contributed by atoms with E-state index in [9.17, 15) is 28.8 Å². The lowest BCUT2D eigenvalue weighted by Crippen LogP contribution is -2.71. The molecule has 0 N–H and O–H groups in total. The molecule has 0 saturated carbocycles. The maximum Gasteiger partial charge on any atom is 0.337 e. The van der Waals surface area contributed by atoms with Crippen LogP contribution >= 0.6 is 0 Å². The highest BCUT2D eigenvalue weighted by Gasteiger charge is 2.85. The van der Waals surface area contributed by atoms with E-state index in [0.29, 0.717) is 16.8 Å². The summed E-state index contributed by atoms with van der Waals surface area (Å²) in [6.07, 6.45) is 3.13. The minimum absolute atomic E-state index is 0.000880. The van der Waals surface area contributed by atoms with Crippen molar-refractivity contribution < 1.29 is 57.2 Å². The first kappa shape index (κ1) is 30.0. The molecule has 3 aliphatic rings. The Morgan fingerprint density at radius 2 is 1.29 bits per heavy atom. The molecule has 0 spiro atoms. The first-order valence-electron chi connectivity index (χ1n) is 12.6. The number of para-hydroxylation sites is 1. The number of carbonyl (C=O) groups excluding carboxylic acids is 6. The molecule has 4 rings (SSSR count). The Bertz CT molecular complexity index is 1520. The van der Waals surface area contributed by atoms with Crippen LogP contribution in [0.25, 0.3) is 6.08 Å². The van der Waals surface area contributed by atoms with Gasteiger partial charge in [-0.1, -0.05) is 24.3 Å². The summed E-state index contributed by atoms with van der Waals surface area (Å²) < 4.78 is 30.4. The van der Waals surface area contributed by atoms with Gasteiger partial charge in [-0.05, 0) is 24.1 Å². The zero-order valence-corrected chi connectivity index (χ0v) is 24.0. The average Bonchev–Trinajstić information content (AvgIpc) is 3.09. The van der Waals surface area contributed by atoms with Gasteiger partial charge in [0.25, 0.3) is 0 Å². The van der Waals surface area contributed by atoms with Gasteiger partial charge in [0.2, 0.25) is 0 Å². The van der Waals surface area contributed by atoms with Crippen molar-refractivity contribution in [1.82, 2.24) is 0 Å². The van der Waals surface area contributed by atoms with Crippen LogP contribution < -0.4 is 4.90 Å². The molecule has 0 aromatic heterocycles. The van der Waals surface area contributed by atoms with E-state index in [4.69, 9.17) is 28.4 Å². The molecular formula is C29H29NO12. The number of aryl methyl sites for hydroxylation is 1. The molecule has 0 saturated heterocycles. The number of rotatable bonds is 6. The van der Waals surface area contributed by atoms with E-state index in [1.807, 2.05) is 0 Å². The normalized spacial score (nSPS) is 23.7. The molecule has 42 heavy (non-hydrogen) atoms. The molecule has 1 aromatic carbocycles. The summed E-state index contributed by atoms with van der Waals surface area (Å²) in [5, 5.41) is 0. The number of nitrogens with zero attached hydrogens (tertiary/aromatic N) is 1. The van der Waals surface area contributed by atoms with Gasteiger partial charge in [0.15, 0.2) is 5.41 Å². The molecule has 2 heterocycles. The maximum absolute atomic E-state index is 14.2. The van der Waals surface area contributed by atoms with Crippen molar-refractivity contribution in [3.8, 4) is 0 Å². The van der Waals surface area contributed by atoms with Gasteiger partial charge in [0.05, 0.1) is 76.7 Å². The Morgan fingerprint density at radius 3 is 1.83 bits per heavy atom. The standard InChI is InChI=1S/C29H29NO12/c1-14-9-8-10-15-11-12-17-18(23(32)38-3)29(27(36)42-7)20(25(34)40-5)19(24(33)39-4)28(29,26(35)41-6)16(22(31)37-2)13-30(17)21(14)15/h8-12,16H,13H2,1-7H3. The Balaban J connectivity index is 2.38. The summed E-state index contributed by atoms with van der Waals surface area (Å²) >= 11 is 0. The van der Waals surface area contributed by atoms with E-state index < -0.39 is 75.8 Å². The molecule has 2 aliphatic heterocycles. The number of fused-ring (bicyclic) bond motifs is 4. The van der Waals surface area contributed by atoms with E-state index in [-0.39, 0.29) is 5.70 Å². The van der Waals surface area contributed by atoms with Crippen LogP contribution in [0.5, 0.6) is 0 Å². The topological polar surface area (TPSA) is 161 Å². The highest BCUT2D eigenvalue weighted by molar-refractivity contribution is 6.23. The number of benzene rings is 1. The largest absolute Gasteiger partial charge is 0.469 e. The first-order valence-corrected chi connectivity index (χ1v) is 12.6. The lowest BCUT2D eigenvalue weighted by molar-refractivity contribution is -0.188. The molecule has 222 valence electrons. The van der Waals surface area contributed by atoms with Gasteiger partial charge in [-0.2, -0.15) is 0 Å². The molecule has 1 aliphatic carbocycles. The van der Waals surface area contributed by atoms with Crippen molar-refractivity contribution in [1.29, 1.82) is 0 Å². The van der Waals surface area contributed by atoms with E-state index >= 15 is 0 Å². The summed E-state index contributed by atoms with van der Waals surface area (Å²) in [5.41, 5.74) is -5.66. The molecule has 3 atom stereocenters. The van der Waals surface area contributed by atoms with Crippen LogP contribution in [-0.2, 0) is 57.2 Å². The molecular weight excluding hydrogens is 554 g/mol. The second kappa shape index (κ2) is 10.8. The van der Waals surface area contributed by atoms with Crippen LogP contribution in [0.4, 0.5) is 5.69 Å². The van der Waals surface area contributed by atoms with Crippen LogP contribution in [0.1, 0.15) is 11.1 Å². The van der Waals surface area contributed by atoms with Crippen molar-refractivity contribution in [3.63, 3.8) is 0 Å². The van der Waals surface area contributed by atoms with E-state index in [1.165, 1.54) is 11.0 Å². The number of methoxy groups -OCH3 is 6. The first-order chi connectivity index (χ1) is 20.0. The monoisotopic (exact) mass is 583 g/mol. The number of hydrogen-bond acceptors (Lipinski definition) is 13. The zero-order valence-electron chi connectivity index (χ0n) is 24.0. The highest BCUT2D eigenvalue weighted by Crippen LogP contribution is 2.71. The van der Waals surface area contributed by atoms with E-state index in [1.54, 1.807) is 31.2 Å². The molecule has 3 unspecified atom stereocenters. The van der Waals surface area contributed by atoms with Gasteiger partial charge < -0.3 is 33.3 Å². The van der Waals surface area contributed by atoms with E-state index in [2.05, 4.69) is 0 Å². The van der Waals surface area contributed by atoms with Crippen molar-refractivity contribution in [2.75, 3.05) is 54.1 Å². The summed E-state index contributed by atoms with van der Waals surface area (Å²) in [6.45, 7) is 1.36. The van der Waals surface area contributed by atoms with Crippen molar-refractivity contribution >= 4 is 47.6 Å².